The third-order valence-corrected chi connectivity index (χ3v) is 11.1. The monoisotopic (exact) mass is 654 g/mol. The molecule has 47 heavy (non-hydrogen) atoms. The van der Waals surface area contributed by atoms with Gasteiger partial charge in [-0.15, -0.1) is 0 Å². The van der Waals surface area contributed by atoms with E-state index in [9.17, 15) is 9.59 Å². The van der Waals surface area contributed by atoms with Gasteiger partial charge in [-0.05, 0) is 85.3 Å². The van der Waals surface area contributed by atoms with Crippen LogP contribution in [-0.2, 0) is 24.8 Å². The van der Waals surface area contributed by atoms with E-state index < -0.39 is 0 Å². The number of fused-ring (bicyclic) bond motifs is 3. The zero-order valence-corrected chi connectivity index (χ0v) is 28.5. The Kier molecular flexibility index (Phi) is 8.10. The second-order valence-electron chi connectivity index (χ2n) is 14.4. The quantitative estimate of drug-likeness (QED) is 0.214. The van der Waals surface area contributed by atoms with E-state index in [4.69, 9.17) is 21.6 Å². The summed E-state index contributed by atoms with van der Waals surface area (Å²) in [6.07, 6.45) is 6.55. The van der Waals surface area contributed by atoms with Crippen LogP contribution in [0.15, 0.2) is 64.8 Å². The fourth-order valence-corrected chi connectivity index (χ4v) is 8.12. The van der Waals surface area contributed by atoms with Crippen molar-refractivity contribution in [2.75, 3.05) is 18.4 Å². The van der Waals surface area contributed by atoms with Gasteiger partial charge >= 0.3 is 0 Å². The summed E-state index contributed by atoms with van der Waals surface area (Å²) in [5.74, 6) is 2.97. The van der Waals surface area contributed by atoms with Crippen LogP contribution in [0.2, 0.25) is 5.02 Å². The first-order valence-electron chi connectivity index (χ1n) is 16.6. The molecule has 1 aliphatic heterocycles. The summed E-state index contributed by atoms with van der Waals surface area (Å²) < 4.78 is 3.56. The molecule has 2 N–H and O–H groups in total. The maximum Gasteiger partial charge on any atom is 0.261 e. The SMILES string of the molecule is C[C@H]1[C@@H](N=C(Nc2ccc3c(=O)n(CCc4ccc(Cl)cc4)c(-c4cn(C)cn4)nc3c2)N2CC(=O)N[C@@H](C)C2)C[C@@H]2C[C@@H]1C2(C)C. The van der Waals surface area contributed by atoms with E-state index in [0.29, 0.717) is 76.1 Å². The molecular formula is C36H43ClN8O2. The largest absolute Gasteiger partial charge is 0.350 e. The molecule has 246 valence electrons. The van der Waals surface area contributed by atoms with Gasteiger partial charge in [0.1, 0.15) is 5.69 Å². The van der Waals surface area contributed by atoms with E-state index in [1.54, 1.807) is 10.9 Å². The first-order valence-corrected chi connectivity index (χ1v) is 17.0. The number of aliphatic imine (C=N–C) groups is 1. The van der Waals surface area contributed by atoms with Crippen molar-refractivity contribution in [2.24, 2.45) is 35.2 Å². The van der Waals surface area contributed by atoms with E-state index in [1.165, 1.54) is 6.42 Å². The number of aromatic nitrogens is 4. The first kappa shape index (κ1) is 31.4. The molecule has 0 unspecified atom stereocenters. The Labute approximate surface area is 280 Å². The molecule has 0 radical (unpaired) electrons. The molecule has 11 heteroatoms. The smallest absolute Gasteiger partial charge is 0.261 e. The number of carbonyl (C=O) groups is 1. The highest BCUT2D eigenvalue weighted by molar-refractivity contribution is 6.30. The molecule has 4 aromatic rings. The number of carbonyl (C=O) groups excluding carboxylic acids is 1. The Balaban J connectivity index is 1.24. The summed E-state index contributed by atoms with van der Waals surface area (Å²) in [5.41, 5.74) is 3.28. The molecule has 4 fully saturated rings. The Hall–Kier alpha value is -4.18. The van der Waals surface area contributed by atoms with Crippen molar-refractivity contribution in [3.63, 3.8) is 0 Å². The minimum absolute atomic E-state index is 0.00454. The van der Waals surface area contributed by atoms with Crippen LogP contribution in [0, 0.1) is 23.2 Å². The van der Waals surface area contributed by atoms with E-state index >= 15 is 0 Å². The molecule has 10 nitrogen and oxygen atoms in total. The van der Waals surface area contributed by atoms with E-state index in [2.05, 4.69) is 36.4 Å². The molecule has 0 spiro atoms. The van der Waals surface area contributed by atoms with Gasteiger partial charge in [-0.1, -0.05) is 44.5 Å². The average molecular weight is 655 g/mol. The summed E-state index contributed by atoms with van der Waals surface area (Å²) in [6.45, 7) is 10.5. The molecule has 8 rings (SSSR count). The van der Waals surface area contributed by atoms with Crippen LogP contribution in [0.25, 0.3) is 22.4 Å². The van der Waals surface area contributed by atoms with Crippen LogP contribution < -0.4 is 16.2 Å². The van der Waals surface area contributed by atoms with Crippen molar-refractivity contribution in [3.05, 3.63) is 75.9 Å². The van der Waals surface area contributed by atoms with Crippen LogP contribution in [0.5, 0.6) is 0 Å². The lowest BCUT2D eigenvalue weighted by atomic mass is 9.45. The highest BCUT2D eigenvalue weighted by atomic mass is 35.5. The number of aryl methyl sites for hydroxylation is 2. The van der Waals surface area contributed by atoms with Gasteiger partial charge in [0.2, 0.25) is 5.91 Å². The molecule has 5 atom stereocenters. The van der Waals surface area contributed by atoms with Gasteiger partial charge < -0.3 is 20.1 Å². The van der Waals surface area contributed by atoms with Gasteiger partial charge in [0.05, 0.1) is 29.8 Å². The van der Waals surface area contributed by atoms with Gasteiger partial charge in [-0.25, -0.2) is 15.0 Å². The number of imidazole rings is 1. The fraction of sp³-hybridized carbons (Fsp3) is 0.472. The second-order valence-corrected chi connectivity index (χ2v) is 14.8. The van der Waals surface area contributed by atoms with Gasteiger partial charge in [0.15, 0.2) is 11.8 Å². The lowest BCUT2D eigenvalue weighted by molar-refractivity contribution is -0.124. The van der Waals surface area contributed by atoms with Crippen LogP contribution in [0.1, 0.15) is 46.1 Å². The van der Waals surface area contributed by atoms with Gasteiger partial charge in [-0.3, -0.25) is 14.2 Å². The predicted octanol–water partition coefficient (Wildman–Crippen LogP) is 5.35. The number of anilines is 1. The number of halogens is 1. The Morgan fingerprint density at radius 2 is 1.91 bits per heavy atom. The number of guanidine groups is 1. The molecule has 3 aliphatic carbocycles. The maximum atomic E-state index is 14.0. The molecule has 3 heterocycles. The van der Waals surface area contributed by atoms with Crippen molar-refractivity contribution in [3.8, 4) is 11.5 Å². The zero-order valence-electron chi connectivity index (χ0n) is 27.7. The molecule has 1 amide bonds. The Morgan fingerprint density at radius 1 is 1.13 bits per heavy atom. The van der Waals surface area contributed by atoms with Crippen molar-refractivity contribution in [2.45, 2.75) is 65.6 Å². The number of amides is 1. The Morgan fingerprint density at radius 3 is 2.60 bits per heavy atom. The average Bonchev–Trinajstić information content (AvgIpc) is 3.47. The second kappa shape index (κ2) is 12.1. The number of hydrogen-bond donors (Lipinski definition) is 2. The lowest BCUT2D eigenvalue weighted by Crippen LogP contribution is -2.58. The van der Waals surface area contributed by atoms with Crippen molar-refractivity contribution in [1.82, 2.24) is 29.3 Å². The number of nitrogens with zero attached hydrogens (tertiary/aromatic N) is 6. The minimum atomic E-state index is -0.121. The number of hydrogen-bond acceptors (Lipinski definition) is 5. The molecule has 4 aliphatic rings. The van der Waals surface area contributed by atoms with Crippen molar-refractivity contribution >= 4 is 40.1 Å². The van der Waals surface area contributed by atoms with Crippen LogP contribution in [0.3, 0.4) is 0 Å². The van der Waals surface area contributed by atoms with E-state index in [1.807, 2.05) is 72.1 Å². The van der Waals surface area contributed by atoms with Gasteiger partial charge in [0.25, 0.3) is 5.56 Å². The minimum Gasteiger partial charge on any atom is -0.350 e. The molecule has 2 aromatic carbocycles. The summed E-state index contributed by atoms with van der Waals surface area (Å²) in [4.78, 5) is 43.6. The van der Waals surface area contributed by atoms with Gasteiger partial charge in [-0.2, -0.15) is 0 Å². The van der Waals surface area contributed by atoms with Crippen molar-refractivity contribution in [1.29, 1.82) is 0 Å². The van der Waals surface area contributed by atoms with Crippen LogP contribution >= 0.6 is 11.6 Å². The summed E-state index contributed by atoms with van der Waals surface area (Å²) >= 11 is 6.09. The molecule has 3 saturated carbocycles. The zero-order chi connectivity index (χ0) is 33.0. The van der Waals surface area contributed by atoms with Crippen molar-refractivity contribution < 1.29 is 4.79 Å². The van der Waals surface area contributed by atoms with Crippen LogP contribution in [-0.4, -0.2) is 61.0 Å². The standard InChI is InChI=1S/C36H43ClN8O2/c1-21-17-44(19-32(46)39-21)35(42-29-15-24-14-28(22(29)2)36(24,3)4)40-26-10-11-27-30(16-26)41-33(31-18-43(5)20-38-31)45(34(27)47)13-12-23-6-8-25(37)9-7-23/h6-11,16,18,20-22,24,28-29H,12-15,17,19H2,1-5H3,(H,39,46)(H,40,42)/t21-,22+,24-,28-,29-/m0/s1. The number of nitrogens with one attached hydrogen (secondary N) is 2. The van der Waals surface area contributed by atoms with Crippen LogP contribution in [0.4, 0.5) is 5.69 Å². The molecule has 2 bridgehead atoms. The van der Waals surface area contributed by atoms with Gasteiger partial charge in [0, 0.05) is 43.1 Å². The molecular weight excluding hydrogens is 612 g/mol. The number of rotatable bonds is 6. The summed E-state index contributed by atoms with van der Waals surface area (Å²) in [5, 5.41) is 7.79. The summed E-state index contributed by atoms with van der Waals surface area (Å²) in [6, 6.07) is 13.5. The third kappa shape index (κ3) is 6.04. The van der Waals surface area contributed by atoms with E-state index in [0.717, 1.165) is 17.7 Å². The predicted molar refractivity (Wildman–Crippen MR) is 187 cm³/mol. The highest BCUT2D eigenvalue weighted by Gasteiger charge is 2.56. The Bertz CT molecular complexity index is 1910. The maximum absolute atomic E-state index is 14.0. The highest BCUT2D eigenvalue weighted by Crippen LogP contribution is 2.61. The topological polar surface area (TPSA) is 109 Å². The third-order valence-electron chi connectivity index (χ3n) is 10.8. The molecule has 1 saturated heterocycles. The lowest BCUT2D eigenvalue weighted by Gasteiger charge is -2.61. The fourth-order valence-electron chi connectivity index (χ4n) is 7.99. The normalized spacial score (nSPS) is 25.4. The number of piperazine rings is 1. The summed E-state index contributed by atoms with van der Waals surface area (Å²) in [7, 11) is 1.90. The molecule has 2 aromatic heterocycles. The first-order chi connectivity index (χ1) is 22.5. The van der Waals surface area contributed by atoms with E-state index in [-0.39, 0.29) is 30.1 Å². The number of benzene rings is 2.